The van der Waals surface area contributed by atoms with E-state index in [-0.39, 0.29) is 11.9 Å². The number of ketones is 1. The van der Waals surface area contributed by atoms with Crippen LogP contribution in [0, 0.1) is 6.92 Å². The molecular weight excluding hydrogens is 292 g/mol. The third-order valence-electron chi connectivity index (χ3n) is 3.90. The third kappa shape index (κ3) is 4.47. The van der Waals surface area contributed by atoms with Gasteiger partial charge < -0.3 is 14.5 Å². The lowest BCUT2D eigenvalue weighted by atomic mass is 10.0. The lowest BCUT2D eigenvalue weighted by molar-refractivity contribution is 0.0240. The van der Waals surface area contributed by atoms with Crippen molar-refractivity contribution in [1.82, 2.24) is 4.90 Å². The minimum Gasteiger partial charge on any atom is -0.444 e. The third-order valence-corrected chi connectivity index (χ3v) is 3.90. The first-order chi connectivity index (χ1) is 10.7. The lowest BCUT2D eigenvalue weighted by Crippen LogP contribution is -2.50. The summed E-state index contributed by atoms with van der Waals surface area (Å²) in [5, 5.41) is 0. The van der Waals surface area contributed by atoms with Gasteiger partial charge in [-0.25, -0.2) is 4.79 Å². The topological polar surface area (TPSA) is 49.9 Å². The molecule has 0 atom stereocenters. The number of rotatable bonds is 2. The Morgan fingerprint density at radius 1 is 1.09 bits per heavy atom. The van der Waals surface area contributed by atoms with E-state index in [1.165, 1.54) is 0 Å². The molecule has 1 aromatic rings. The Labute approximate surface area is 138 Å². The van der Waals surface area contributed by atoms with E-state index in [1.54, 1.807) is 11.8 Å². The summed E-state index contributed by atoms with van der Waals surface area (Å²) in [5.41, 5.74) is 2.32. The minimum atomic E-state index is -0.471. The highest BCUT2D eigenvalue weighted by atomic mass is 16.6. The Bertz CT molecular complexity index is 597. The second kappa shape index (κ2) is 6.60. The van der Waals surface area contributed by atoms with Crippen LogP contribution in [0.3, 0.4) is 0 Å². The summed E-state index contributed by atoms with van der Waals surface area (Å²) in [4.78, 5) is 27.7. The summed E-state index contributed by atoms with van der Waals surface area (Å²) in [6.07, 6.45) is -0.259. The average molecular weight is 318 g/mol. The van der Waals surface area contributed by atoms with E-state index in [9.17, 15) is 9.59 Å². The number of hydrogen-bond acceptors (Lipinski definition) is 4. The molecule has 0 unspecified atom stereocenters. The van der Waals surface area contributed by atoms with Crippen molar-refractivity contribution in [3.63, 3.8) is 0 Å². The van der Waals surface area contributed by atoms with Crippen molar-refractivity contribution in [3.8, 4) is 0 Å². The monoisotopic (exact) mass is 318 g/mol. The van der Waals surface area contributed by atoms with Crippen LogP contribution in [0.5, 0.6) is 0 Å². The van der Waals surface area contributed by atoms with Gasteiger partial charge in [0.05, 0.1) is 0 Å². The number of carbonyl (C=O) groups excluding carboxylic acids is 2. The zero-order valence-corrected chi connectivity index (χ0v) is 14.7. The van der Waals surface area contributed by atoms with Gasteiger partial charge in [0.2, 0.25) is 0 Å². The highest BCUT2D eigenvalue weighted by Crippen LogP contribution is 2.22. The van der Waals surface area contributed by atoms with Crippen molar-refractivity contribution >= 4 is 17.6 Å². The van der Waals surface area contributed by atoms with Gasteiger partial charge in [-0.15, -0.1) is 0 Å². The van der Waals surface area contributed by atoms with Crippen molar-refractivity contribution in [3.05, 3.63) is 29.3 Å². The Morgan fingerprint density at radius 3 is 2.22 bits per heavy atom. The first-order valence-corrected chi connectivity index (χ1v) is 8.02. The van der Waals surface area contributed by atoms with Crippen LogP contribution in [0.2, 0.25) is 0 Å². The molecule has 1 aliphatic heterocycles. The van der Waals surface area contributed by atoms with Crippen LogP contribution in [0.1, 0.15) is 43.6 Å². The van der Waals surface area contributed by atoms with Gasteiger partial charge >= 0.3 is 6.09 Å². The standard InChI is InChI=1S/C18H26N2O3/c1-13-6-7-15(12-16(13)14(2)21)19-8-10-20(11-9-19)17(22)23-18(3,4)5/h6-7,12H,8-11H2,1-5H3. The summed E-state index contributed by atoms with van der Waals surface area (Å²) >= 11 is 0. The minimum absolute atomic E-state index is 0.0803. The zero-order valence-electron chi connectivity index (χ0n) is 14.7. The van der Waals surface area contributed by atoms with Crippen LogP contribution in [0.15, 0.2) is 18.2 Å². The zero-order chi connectivity index (χ0) is 17.2. The van der Waals surface area contributed by atoms with Crippen LogP contribution >= 0.6 is 0 Å². The van der Waals surface area contributed by atoms with Gasteiger partial charge in [-0.3, -0.25) is 4.79 Å². The molecule has 0 aliphatic carbocycles. The molecule has 1 aromatic carbocycles. The molecule has 5 nitrogen and oxygen atoms in total. The normalized spacial score (nSPS) is 15.5. The second-order valence-corrected chi connectivity index (χ2v) is 7.01. The maximum atomic E-state index is 12.1. The number of carbonyl (C=O) groups is 2. The predicted octanol–water partition coefficient (Wildman–Crippen LogP) is 3.25. The van der Waals surface area contributed by atoms with Crippen molar-refractivity contribution < 1.29 is 14.3 Å². The summed E-state index contributed by atoms with van der Waals surface area (Å²) in [6, 6.07) is 5.96. The molecule has 23 heavy (non-hydrogen) atoms. The van der Waals surface area contributed by atoms with Crippen LogP contribution in [-0.4, -0.2) is 48.6 Å². The summed E-state index contributed by atoms with van der Waals surface area (Å²) in [7, 11) is 0. The molecular formula is C18H26N2O3. The first kappa shape index (κ1) is 17.3. The van der Waals surface area contributed by atoms with Gasteiger partial charge in [-0.1, -0.05) is 6.07 Å². The van der Waals surface area contributed by atoms with Crippen LogP contribution in [-0.2, 0) is 4.74 Å². The molecule has 1 amide bonds. The smallest absolute Gasteiger partial charge is 0.410 e. The maximum absolute atomic E-state index is 12.1. The highest BCUT2D eigenvalue weighted by Gasteiger charge is 2.26. The summed E-state index contributed by atoms with van der Waals surface area (Å²) < 4.78 is 5.41. The fraction of sp³-hybridized carbons (Fsp3) is 0.556. The number of amides is 1. The number of aryl methyl sites for hydroxylation is 1. The molecule has 2 rings (SSSR count). The number of hydrogen-bond donors (Lipinski definition) is 0. The van der Waals surface area contributed by atoms with Gasteiger partial charge in [0.15, 0.2) is 5.78 Å². The van der Waals surface area contributed by atoms with Crippen LogP contribution in [0.4, 0.5) is 10.5 Å². The van der Waals surface area contributed by atoms with E-state index < -0.39 is 5.60 Å². The molecule has 1 saturated heterocycles. The molecule has 0 bridgehead atoms. The summed E-state index contributed by atoms with van der Waals surface area (Å²) in [6.45, 7) is 11.9. The quantitative estimate of drug-likeness (QED) is 0.785. The van der Waals surface area contributed by atoms with Crippen LogP contribution < -0.4 is 4.90 Å². The maximum Gasteiger partial charge on any atom is 0.410 e. The van der Waals surface area contributed by atoms with Crippen molar-refractivity contribution in [2.45, 2.75) is 40.2 Å². The van der Waals surface area contributed by atoms with E-state index in [0.29, 0.717) is 13.1 Å². The predicted molar refractivity (Wildman–Crippen MR) is 91.2 cm³/mol. The molecule has 1 fully saturated rings. The molecule has 0 N–H and O–H groups in total. The second-order valence-electron chi connectivity index (χ2n) is 7.01. The number of piperazine rings is 1. The average Bonchev–Trinajstić information content (AvgIpc) is 2.46. The number of benzene rings is 1. The number of nitrogens with zero attached hydrogens (tertiary/aromatic N) is 2. The molecule has 5 heteroatoms. The van der Waals surface area contributed by atoms with E-state index in [2.05, 4.69) is 4.90 Å². The fourth-order valence-corrected chi connectivity index (χ4v) is 2.66. The number of anilines is 1. The highest BCUT2D eigenvalue weighted by molar-refractivity contribution is 5.96. The lowest BCUT2D eigenvalue weighted by Gasteiger charge is -2.37. The van der Waals surface area contributed by atoms with Gasteiger partial charge in [0, 0.05) is 37.4 Å². The van der Waals surface area contributed by atoms with E-state index in [0.717, 1.165) is 29.9 Å². The van der Waals surface area contributed by atoms with Crippen molar-refractivity contribution in [2.75, 3.05) is 31.1 Å². The Kier molecular flexibility index (Phi) is 4.97. The van der Waals surface area contributed by atoms with Gasteiger partial charge in [0.25, 0.3) is 0 Å². The van der Waals surface area contributed by atoms with E-state index in [1.807, 2.05) is 45.9 Å². The molecule has 126 valence electrons. The molecule has 1 aliphatic rings. The van der Waals surface area contributed by atoms with E-state index in [4.69, 9.17) is 4.74 Å². The Balaban J connectivity index is 2.01. The molecule has 0 saturated carbocycles. The van der Waals surface area contributed by atoms with Gasteiger partial charge in [0.1, 0.15) is 5.60 Å². The number of Topliss-reactive ketones (excluding diaryl/α,β-unsaturated/α-hetero) is 1. The molecule has 1 heterocycles. The van der Waals surface area contributed by atoms with Crippen molar-refractivity contribution in [2.24, 2.45) is 0 Å². The van der Waals surface area contributed by atoms with Gasteiger partial charge in [-0.2, -0.15) is 0 Å². The van der Waals surface area contributed by atoms with Crippen molar-refractivity contribution in [1.29, 1.82) is 0 Å². The number of ether oxygens (including phenoxy) is 1. The Hall–Kier alpha value is -2.04. The SMILES string of the molecule is CC(=O)c1cc(N2CCN(C(=O)OC(C)(C)C)CC2)ccc1C. The van der Waals surface area contributed by atoms with Crippen LogP contribution in [0.25, 0.3) is 0 Å². The molecule has 0 aromatic heterocycles. The first-order valence-electron chi connectivity index (χ1n) is 8.02. The van der Waals surface area contributed by atoms with Gasteiger partial charge in [-0.05, 0) is 52.3 Å². The summed E-state index contributed by atoms with van der Waals surface area (Å²) in [5.74, 6) is 0.0803. The molecule has 0 radical (unpaired) electrons. The molecule has 0 spiro atoms. The van der Waals surface area contributed by atoms with E-state index >= 15 is 0 Å². The fourth-order valence-electron chi connectivity index (χ4n) is 2.66. The largest absolute Gasteiger partial charge is 0.444 e. The Morgan fingerprint density at radius 2 is 1.70 bits per heavy atom.